The number of fused-ring (bicyclic) bond motifs is 13. The van der Waals surface area contributed by atoms with Gasteiger partial charge < -0.3 is 9.13 Å². The molecule has 3 aromatic heterocycles. The molecule has 0 saturated carbocycles. The van der Waals surface area contributed by atoms with E-state index in [1.807, 2.05) is 6.07 Å². The van der Waals surface area contributed by atoms with Crippen LogP contribution in [0.3, 0.4) is 0 Å². The van der Waals surface area contributed by atoms with Crippen LogP contribution in [0.25, 0.3) is 121 Å². The Hall–Kier alpha value is -8.08. The van der Waals surface area contributed by atoms with Crippen molar-refractivity contribution in [2.24, 2.45) is 0 Å². The molecule has 60 heavy (non-hydrogen) atoms. The van der Waals surface area contributed by atoms with Crippen LogP contribution in [0.4, 0.5) is 0 Å². The lowest BCUT2D eigenvalue weighted by atomic mass is 10.00. The Morgan fingerprint density at radius 2 is 0.767 bits per heavy atom. The second-order valence-electron chi connectivity index (χ2n) is 15.7. The molecule has 0 aliphatic carbocycles. The summed E-state index contributed by atoms with van der Waals surface area (Å²) in [6.07, 6.45) is 0. The van der Waals surface area contributed by atoms with Crippen molar-refractivity contribution >= 4 is 86.8 Å². The van der Waals surface area contributed by atoms with E-state index in [0.29, 0.717) is 5.82 Å². The third kappa shape index (κ3) is 4.79. The summed E-state index contributed by atoms with van der Waals surface area (Å²) in [5.41, 5.74) is 10.6. The first kappa shape index (κ1) is 32.9. The minimum Gasteiger partial charge on any atom is -0.309 e. The molecular formula is C56H34N4. The molecule has 0 spiro atoms. The summed E-state index contributed by atoms with van der Waals surface area (Å²) in [7, 11) is 0. The molecule has 4 heteroatoms. The lowest BCUT2D eigenvalue weighted by Gasteiger charge is -2.17. The summed E-state index contributed by atoms with van der Waals surface area (Å²) >= 11 is 0. The zero-order chi connectivity index (χ0) is 39.3. The maximum atomic E-state index is 5.49. The van der Waals surface area contributed by atoms with E-state index in [1.165, 1.54) is 43.1 Å². The van der Waals surface area contributed by atoms with Gasteiger partial charge in [0.2, 0.25) is 0 Å². The predicted octanol–water partition coefficient (Wildman–Crippen LogP) is 14.6. The molecule has 0 amide bonds. The third-order valence-corrected chi connectivity index (χ3v) is 12.4. The lowest BCUT2D eigenvalue weighted by Crippen LogP contribution is -2.02. The first-order valence-electron chi connectivity index (χ1n) is 20.5. The van der Waals surface area contributed by atoms with Crippen LogP contribution in [0.1, 0.15) is 0 Å². The van der Waals surface area contributed by atoms with Crippen LogP contribution in [-0.4, -0.2) is 19.1 Å². The van der Waals surface area contributed by atoms with Gasteiger partial charge in [-0.3, -0.25) is 0 Å². The Morgan fingerprint density at radius 3 is 1.35 bits per heavy atom. The number of nitrogens with zero attached hydrogens (tertiary/aromatic N) is 4. The van der Waals surface area contributed by atoms with E-state index in [2.05, 4.69) is 209 Å². The molecule has 13 aromatic rings. The van der Waals surface area contributed by atoms with Crippen molar-refractivity contribution in [1.29, 1.82) is 0 Å². The summed E-state index contributed by atoms with van der Waals surface area (Å²) in [5.74, 6) is 0.702. The molecule has 0 aliphatic rings. The maximum Gasteiger partial charge on any atom is 0.160 e. The first-order chi connectivity index (χ1) is 29.8. The number of para-hydroxylation sites is 2. The molecule has 278 valence electrons. The van der Waals surface area contributed by atoms with Gasteiger partial charge in [-0.15, -0.1) is 0 Å². The van der Waals surface area contributed by atoms with Gasteiger partial charge >= 0.3 is 0 Å². The fourth-order valence-corrected chi connectivity index (χ4v) is 9.82. The van der Waals surface area contributed by atoms with E-state index in [-0.39, 0.29) is 0 Å². The number of hydrogen-bond donors (Lipinski definition) is 0. The molecule has 0 unspecified atom stereocenters. The number of hydrogen-bond acceptors (Lipinski definition) is 2. The van der Waals surface area contributed by atoms with Crippen LogP contribution in [-0.2, 0) is 0 Å². The predicted molar refractivity (Wildman–Crippen MR) is 252 cm³/mol. The minimum atomic E-state index is 0.702. The molecule has 0 fully saturated rings. The van der Waals surface area contributed by atoms with Crippen molar-refractivity contribution in [3.8, 4) is 34.0 Å². The Kier molecular flexibility index (Phi) is 6.98. The zero-order valence-electron chi connectivity index (χ0n) is 32.4. The van der Waals surface area contributed by atoms with Crippen molar-refractivity contribution in [2.45, 2.75) is 0 Å². The summed E-state index contributed by atoms with van der Waals surface area (Å²) in [6, 6.07) is 74.5. The van der Waals surface area contributed by atoms with Crippen molar-refractivity contribution in [3.05, 3.63) is 206 Å². The molecule has 0 atom stereocenters. The normalized spacial score (nSPS) is 12.0. The molecule has 3 heterocycles. The summed E-state index contributed by atoms with van der Waals surface area (Å²) in [5, 5.41) is 13.2. The van der Waals surface area contributed by atoms with Crippen LogP contribution in [0.5, 0.6) is 0 Å². The highest BCUT2D eigenvalue weighted by Gasteiger charge is 2.21. The van der Waals surface area contributed by atoms with Crippen LogP contribution < -0.4 is 0 Å². The summed E-state index contributed by atoms with van der Waals surface area (Å²) in [6.45, 7) is 0. The standard InChI is InChI=1S/C56H34N4/c1-2-17-38(18-3-1)56-57-54(47-29-26-37-16-6-9-21-44(37)55(47)58-56)39-32-40(59-48-24-12-10-22-45(48)52-42-19-7-4-14-35(42)27-30-50(52)59)34-41(33-39)60-49-25-13-11-23-46(49)53-43-20-8-5-15-36(43)28-31-51(53)60/h1-34H. The van der Waals surface area contributed by atoms with E-state index >= 15 is 0 Å². The average Bonchev–Trinajstić information content (AvgIpc) is 3.85. The highest BCUT2D eigenvalue weighted by Crippen LogP contribution is 2.42. The van der Waals surface area contributed by atoms with E-state index < -0.39 is 0 Å². The van der Waals surface area contributed by atoms with Gasteiger partial charge in [-0.25, -0.2) is 9.97 Å². The molecule has 0 saturated heterocycles. The van der Waals surface area contributed by atoms with Crippen LogP contribution in [0, 0.1) is 0 Å². The SMILES string of the molecule is c1ccc(-c2nc(-c3cc(-n4c5ccccc5c5c6ccccc6ccc54)cc(-n4c5ccccc5c5c6ccccc6ccc54)c3)c3ccc4ccccc4c3n2)cc1. The molecule has 4 nitrogen and oxygen atoms in total. The fraction of sp³-hybridized carbons (Fsp3) is 0. The van der Waals surface area contributed by atoms with Gasteiger partial charge in [0.05, 0.1) is 33.3 Å². The first-order valence-corrected chi connectivity index (χ1v) is 20.5. The maximum absolute atomic E-state index is 5.49. The van der Waals surface area contributed by atoms with Crippen LogP contribution in [0.2, 0.25) is 0 Å². The highest BCUT2D eigenvalue weighted by molar-refractivity contribution is 6.23. The lowest BCUT2D eigenvalue weighted by molar-refractivity contribution is 1.13. The monoisotopic (exact) mass is 762 g/mol. The van der Waals surface area contributed by atoms with Gasteiger partial charge in [0, 0.05) is 54.8 Å². The van der Waals surface area contributed by atoms with Crippen LogP contribution in [0.15, 0.2) is 206 Å². The van der Waals surface area contributed by atoms with E-state index in [1.54, 1.807) is 0 Å². The number of aromatic nitrogens is 4. The van der Waals surface area contributed by atoms with Gasteiger partial charge in [-0.05, 0) is 75.5 Å². The van der Waals surface area contributed by atoms with Gasteiger partial charge in [0.15, 0.2) is 5.82 Å². The summed E-state index contributed by atoms with van der Waals surface area (Å²) < 4.78 is 4.90. The highest BCUT2D eigenvalue weighted by atomic mass is 15.0. The Bertz CT molecular complexity index is 3720. The zero-order valence-corrected chi connectivity index (χ0v) is 32.4. The van der Waals surface area contributed by atoms with Crippen molar-refractivity contribution < 1.29 is 0 Å². The number of rotatable bonds is 4. The Morgan fingerprint density at radius 1 is 0.300 bits per heavy atom. The van der Waals surface area contributed by atoms with Crippen molar-refractivity contribution in [1.82, 2.24) is 19.1 Å². The third-order valence-electron chi connectivity index (χ3n) is 12.4. The Labute approximate surface area is 344 Å². The second kappa shape index (κ2) is 12.7. The largest absolute Gasteiger partial charge is 0.309 e. The molecule has 0 aliphatic heterocycles. The van der Waals surface area contributed by atoms with E-state index in [0.717, 1.165) is 71.9 Å². The molecule has 0 radical (unpaired) electrons. The van der Waals surface area contributed by atoms with Gasteiger partial charge in [-0.2, -0.15) is 0 Å². The van der Waals surface area contributed by atoms with E-state index in [9.17, 15) is 0 Å². The smallest absolute Gasteiger partial charge is 0.160 e. The minimum absolute atomic E-state index is 0.702. The molecular weight excluding hydrogens is 729 g/mol. The topological polar surface area (TPSA) is 35.6 Å². The molecule has 10 aromatic carbocycles. The molecule has 13 rings (SSSR count). The van der Waals surface area contributed by atoms with Gasteiger partial charge in [0.1, 0.15) is 0 Å². The van der Waals surface area contributed by atoms with Crippen molar-refractivity contribution in [3.63, 3.8) is 0 Å². The number of benzene rings is 10. The fourth-order valence-electron chi connectivity index (χ4n) is 9.82. The Balaban J connectivity index is 1.19. The van der Waals surface area contributed by atoms with E-state index in [4.69, 9.17) is 9.97 Å². The van der Waals surface area contributed by atoms with Crippen LogP contribution >= 0.6 is 0 Å². The quantitative estimate of drug-likeness (QED) is 0.167. The van der Waals surface area contributed by atoms with Gasteiger partial charge in [0.25, 0.3) is 0 Å². The molecule has 0 N–H and O–H groups in total. The molecule has 0 bridgehead atoms. The van der Waals surface area contributed by atoms with Gasteiger partial charge in [-0.1, -0.05) is 158 Å². The van der Waals surface area contributed by atoms with Crippen molar-refractivity contribution in [2.75, 3.05) is 0 Å². The second-order valence-corrected chi connectivity index (χ2v) is 15.7. The average molecular weight is 763 g/mol. The summed E-state index contributed by atoms with van der Waals surface area (Å²) in [4.78, 5) is 10.8.